The summed E-state index contributed by atoms with van der Waals surface area (Å²) in [6.45, 7) is 0. The lowest BCUT2D eigenvalue weighted by atomic mass is 10.1. The topological polar surface area (TPSA) is 27.0 Å². The number of benzene rings is 2. The Labute approximate surface area is 116 Å². The molecule has 96 valence electrons. The Bertz CT molecular complexity index is 634. The summed E-state index contributed by atoms with van der Waals surface area (Å²) in [5.41, 5.74) is 2.98. The highest BCUT2D eigenvalue weighted by Crippen LogP contribution is 2.29. The van der Waals surface area contributed by atoms with Gasteiger partial charge < -0.3 is 4.90 Å². The van der Waals surface area contributed by atoms with Crippen LogP contribution < -0.4 is 4.90 Å². The van der Waals surface area contributed by atoms with Crippen LogP contribution in [0.15, 0.2) is 42.5 Å². The summed E-state index contributed by atoms with van der Waals surface area (Å²) in [4.78, 5) is 1.89. The van der Waals surface area contributed by atoms with Gasteiger partial charge in [-0.25, -0.2) is 4.39 Å². The predicted octanol–water partition coefficient (Wildman–Crippen LogP) is 4.20. The zero-order valence-corrected chi connectivity index (χ0v) is 11.2. The number of rotatable bonds is 3. The minimum absolute atomic E-state index is 0.232. The van der Waals surface area contributed by atoms with E-state index < -0.39 is 0 Å². The van der Waals surface area contributed by atoms with Crippen LogP contribution in [-0.4, -0.2) is 7.05 Å². The Hall–Kier alpha value is -2.05. The SMILES string of the molecule is CN(c1cccc(C#N)c1)c1ccc(F)cc1CCl. The molecule has 2 nitrogen and oxygen atoms in total. The van der Waals surface area contributed by atoms with E-state index in [1.807, 2.05) is 24.1 Å². The number of halogens is 2. The van der Waals surface area contributed by atoms with Gasteiger partial charge in [-0.05, 0) is 42.0 Å². The third-order valence-corrected chi connectivity index (χ3v) is 3.20. The molecule has 0 aliphatic rings. The average Bonchev–Trinajstić information content (AvgIpc) is 2.46. The van der Waals surface area contributed by atoms with E-state index in [0.29, 0.717) is 11.1 Å². The summed E-state index contributed by atoms with van der Waals surface area (Å²) in [7, 11) is 1.86. The summed E-state index contributed by atoms with van der Waals surface area (Å²) >= 11 is 5.85. The third kappa shape index (κ3) is 2.86. The molecular weight excluding hydrogens is 263 g/mol. The molecule has 0 amide bonds. The highest BCUT2D eigenvalue weighted by atomic mass is 35.5. The number of hydrogen-bond donors (Lipinski definition) is 0. The predicted molar refractivity (Wildman–Crippen MR) is 75.2 cm³/mol. The lowest BCUT2D eigenvalue weighted by Crippen LogP contribution is -2.11. The molecule has 0 heterocycles. The fraction of sp³-hybridized carbons (Fsp3) is 0.133. The van der Waals surface area contributed by atoms with Gasteiger partial charge in [0.25, 0.3) is 0 Å². The minimum atomic E-state index is -0.307. The summed E-state index contributed by atoms with van der Waals surface area (Å²) in [6, 6.07) is 13.8. The van der Waals surface area contributed by atoms with Crippen molar-refractivity contribution in [3.63, 3.8) is 0 Å². The molecule has 0 spiro atoms. The number of alkyl halides is 1. The Kier molecular flexibility index (Phi) is 4.03. The molecular formula is C15H12ClFN2. The van der Waals surface area contributed by atoms with Gasteiger partial charge in [0.05, 0.1) is 11.6 Å². The van der Waals surface area contributed by atoms with E-state index in [1.54, 1.807) is 18.2 Å². The third-order valence-electron chi connectivity index (χ3n) is 2.91. The van der Waals surface area contributed by atoms with E-state index >= 15 is 0 Å². The molecule has 0 saturated heterocycles. The average molecular weight is 275 g/mol. The van der Waals surface area contributed by atoms with Crippen LogP contribution in [0.4, 0.5) is 15.8 Å². The van der Waals surface area contributed by atoms with E-state index in [1.165, 1.54) is 12.1 Å². The van der Waals surface area contributed by atoms with Crippen LogP contribution in [0.25, 0.3) is 0 Å². The number of anilines is 2. The first-order valence-electron chi connectivity index (χ1n) is 5.74. The van der Waals surface area contributed by atoms with Crippen molar-refractivity contribution in [2.45, 2.75) is 5.88 Å². The fourth-order valence-corrected chi connectivity index (χ4v) is 2.13. The summed E-state index contributed by atoms with van der Waals surface area (Å²) < 4.78 is 13.2. The van der Waals surface area contributed by atoms with Crippen LogP contribution in [0, 0.1) is 17.1 Å². The minimum Gasteiger partial charge on any atom is -0.344 e. The molecule has 0 aliphatic heterocycles. The molecule has 2 aromatic carbocycles. The quantitative estimate of drug-likeness (QED) is 0.784. The first-order valence-corrected chi connectivity index (χ1v) is 6.27. The number of hydrogen-bond acceptors (Lipinski definition) is 2. The molecule has 0 N–H and O–H groups in total. The maximum atomic E-state index is 13.2. The lowest BCUT2D eigenvalue weighted by Gasteiger charge is -2.22. The zero-order valence-electron chi connectivity index (χ0n) is 10.4. The monoisotopic (exact) mass is 274 g/mol. The maximum absolute atomic E-state index is 13.2. The standard InChI is InChI=1S/C15H12ClFN2/c1-19(14-4-2-3-11(7-14)10-18)15-6-5-13(17)8-12(15)9-16/h2-8H,9H2,1H3. The molecule has 0 atom stereocenters. The van der Waals surface area contributed by atoms with E-state index in [0.717, 1.165) is 11.4 Å². The van der Waals surface area contributed by atoms with E-state index in [-0.39, 0.29) is 11.7 Å². The van der Waals surface area contributed by atoms with Crippen LogP contribution in [0.1, 0.15) is 11.1 Å². The number of nitriles is 1. The van der Waals surface area contributed by atoms with E-state index in [9.17, 15) is 4.39 Å². The summed E-state index contributed by atoms with van der Waals surface area (Å²) in [6.07, 6.45) is 0. The Morgan fingerprint density at radius 1 is 1.26 bits per heavy atom. The lowest BCUT2D eigenvalue weighted by molar-refractivity contribution is 0.626. The smallest absolute Gasteiger partial charge is 0.123 e. The Morgan fingerprint density at radius 3 is 2.74 bits per heavy atom. The normalized spacial score (nSPS) is 10.0. The molecule has 0 fully saturated rings. The second-order valence-corrected chi connectivity index (χ2v) is 4.40. The van der Waals surface area contributed by atoms with Gasteiger partial charge in [-0.2, -0.15) is 5.26 Å². The molecule has 0 saturated carbocycles. The van der Waals surface area contributed by atoms with Crippen molar-refractivity contribution in [3.8, 4) is 6.07 Å². The molecule has 4 heteroatoms. The van der Waals surface area contributed by atoms with Crippen molar-refractivity contribution in [2.75, 3.05) is 11.9 Å². The second-order valence-electron chi connectivity index (χ2n) is 4.13. The van der Waals surface area contributed by atoms with E-state index in [2.05, 4.69) is 6.07 Å². The van der Waals surface area contributed by atoms with Crippen LogP contribution in [0.3, 0.4) is 0 Å². The van der Waals surface area contributed by atoms with Crippen LogP contribution in [-0.2, 0) is 5.88 Å². The summed E-state index contributed by atoms with van der Waals surface area (Å²) in [5, 5.41) is 8.91. The summed E-state index contributed by atoms with van der Waals surface area (Å²) in [5.74, 6) is -0.0754. The van der Waals surface area contributed by atoms with Gasteiger partial charge in [-0.15, -0.1) is 11.6 Å². The van der Waals surface area contributed by atoms with Crippen molar-refractivity contribution in [3.05, 3.63) is 59.4 Å². The van der Waals surface area contributed by atoms with Crippen molar-refractivity contribution < 1.29 is 4.39 Å². The second kappa shape index (κ2) is 5.73. The van der Waals surface area contributed by atoms with Gasteiger partial charge >= 0.3 is 0 Å². The van der Waals surface area contributed by atoms with Gasteiger partial charge in [0.1, 0.15) is 5.82 Å². The Balaban J connectivity index is 2.43. The first kappa shape index (κ1) is 13.4. The molecule has 0 aromatic heterocycles. The van der Waals surface area contributed by atoms with Gasteiger partial charge in [-0.3, -0.25) is 0 Å². The highest BCUT2D eigenvalue weighted by molar-refractivity contribution is 6.17. The highest BCUT2D eigenvalue weighted by Gasteiger charge is 2.10. The molecule has 2 rings (SSSR count). The zero-order chi connectivity index (χ0) is 13.8. The van der Waals surface area contributed by atoms with Gasteiger partial charge in [-0.1, -0.05) is 6.07 Å². The van der Waals surface area contributed by atoms with Crippen LogP contribution in [0.5, 0.6) is 0 Å². The van der Waals surface area contributed by atoms with Crippen LogP contribution in [0.2, 0.25) is 0 Å². The van der Waals surface area contributed by atoms with E-state index in [4.69, 9.17) is 16.9 Å². The molecule has 0 aliphatic carbocycles. The fourth-order valence-electron chi connectivity index (χ4n) is 1.91. The first-order chi connectivity index (χ1) is 9.15. The van der Waals surface area contributed by atoms with Crippen molar-refractivity contribution in [1.29, 1.82) is 5.26 Å². The van der Waals surface area contributed by atoms with Crippen LogP contribution >= 0.6 is 11.6 Å². The maximum Gasteiger partial charge on any atom is 0.123 e. The molecule has 0 radical (unpaired) electrons. The molecule has 0 bridgehead atoms. The molecule has 0 unspecified atom stereocenters. The van der Waals surface area contributed by atoms with Crippen molar-refractivity contribution in [1.82, 2.24) is 0 Å². The largest absolute Gasteiger partial charge is 0.344 e. The van der Waals surface area contributed by atoms with Gasteiger partial charge in [0.2, 0.25) is 0 Å². The van der Waals surface area contributed by atoms with Gasteiger partial charge in [0, 0.05) is 24.3 Å². The number of nitrogens with zero attached hydrogens (tertiary/aromatic N) is 2. The molecule has 19 heavy (non-hydrogen) atoms. The van der Waals surface area contributed by atoms with Gasteiger partial charge in [0.15, 0.2) is 0 Å². The van der Waals surface area contributed by atoms with Crippen molar-refractivity contribution in [2.24, 2.45) is 0 Å². The van der Waals surface area contributed by atoms with Crippen molar-refractivity contribution >= 4 is 23.0 Å². The molecule has 2 aromatic rings. The Morgan fingerprint density at radius 2 is 2.05 bits per heavy atom.